The zero-order valence-electron chi connectivity index (χ0n) is 23.4. The van der Waals surface area contributed by atoms with E-state index in [-0.39, 0.29) is 11.2 Å². The minimum absolute atomic E-state index is 0.00753. The number of rotatable bonds is 6. The first-order valence-electron chi connectivity index (χ1n) is 14.0. The second-order valence-corrected chi connectivity index (χ2v) is 15.6. The van der Waals surface area contributed by atoms with E-state index in [0.29, 0.717) is 19.3 Å². The van der Waals surface area contributed by atoms with Gasteiger partial charge in [-0.3, -0.25) is 9.19 Å². The average Bonchev–Trinajstić information content (AvgIpc) is 3.12. The molecule has 2 aromatic heterocycles. The molecule has 0 bridgehead atoms. The van der Waals surface area contributed by atoms with Gasteiger partial charge in [0.25, 0.3) is 0 Å². The molecule has 2 atom stereocenters. The molecule has 2 heterocycles. The minimum Gasteiger partial charge on any atom is -0.361 e. The van der Waals surface area contributed by atoms with E-state index < -0.39 is 15.6 Å². The smallest absolute Gasteiger partial charge is 0.141 e. The number of hydrogen-bond acceptors (Lipinski definition) is 4. The number of hydrogen-bond donors (Lipinski definition) is 1. The van der Waals surface area contributed by atoms with Crippen LogP contribution < -0.4 is 0 Å². The van der Waals surface area contributed by atoms with Gasteiger partial charge in [-0.2, -0.15) is 0 Å². The molecular formula is C32H41FN2O2S. The van der Waals surface area contributed by atoms with E-state index in [0.717, 1.165) is 77.1 Å². The molecule has 1 saturated carbocycles. The summed E-state index contributed by atoms with van der Waals surface area (Å²) in [5, 5.41) is 4.14. The number of pyridine rings is 1. The molecule has 38 heavy (non-hydrogen) atoms. The van der Waals surface area contributed by atoms with Crippen LogP contribution in [0, 0.1) is 19.8 Å². The van der Waals surface area contributed by atoms with Gasteiger partial charge < -0.3 is 4.52 Å². The second-order valence-electron chi connectivity index (χ2n) is 12.0. The van der Waals surface area contributed by atoms with E-state index in [9.17, 15) is 4.21 Å². The molecule has 2 aliphatic carbocycles. The molecule has 4 nitrogen and oxygen atoms in total. The molecule has 3 aromatic rings. The molecule has 5 rings (SSSR count). The predicted molar refractivity (Wildman–Crippen MR) is 156 cm³/mol. The molecule has 2 unspecified atom stereocenters. The van der Waals surface area contributed by atoms with Gasteiger partial charge >= 0.3 is 0 Å². The molecule has 0 aliphatic heterocycles. The first-order valence-corrected chi connectivity index (χ1v) is 16.7. The molecule has 0 saturated heterocycles. The van der Waals surface area contributed by atoms with E-state index >= 15 is 4.39 Å². The van der Waals surface area contributed by atoms with Gasteiger partial charge in [0.1, 0.15) is 11.4 Å². The quantitative estimate of drug-likeness (QED) is 0.327. The number of allylic oxidation sites excluding steroid dienone is 1. The highest BCUT2D eigenvalue weighted by atomic mass is 32.2. The molecule has 1 aromatic carbocycles. The van der Waals surface area contributed by atoms with Gasteiger partial charge in [-0.15, -0.1) is 9.93 Å². The number of halogens is 1. The van der Waals surface area contributed by atoms with E-state index in [1.54, 1.807) is 0 Å². The highest BCUT2D eigenvalue weighted by Crippen LogP contribution is 2.42. The lowest BCUT2D eigenvalue weighted by molar-refractivity contribution is 0.0817. The second kappa shape index (κ2) is 10.5. The largest absolute Gasteiger partial charge is 0.361 e. The van der Waals surface area contributed by atoms with Crippen LogP contribution in [0.4, 0.5) is 4.39 Å². The fourth-order valence-electron chi connectivity index (χ4n) is 6.27. The van der Waals surface area contributed by atoms with Gasteiger partial charge in [0, 0.05) is 28.1 Å². The molecule has 6 heteroatoms. The van der Waals surface area contributed by atoms with Crippen molar-refractivity contribution in [1.29, 1.82) is 0 Å². The lowest BCUT2D eigenvalue weighted by Gasteiger charge is -2.32. The number of benzene rings is 1. The Balaban J connectivity index is 1.55. The van der Waals surface area contributed by atoms with Crippen molar-refractivity contribution in [2.45, 2.75) is 83.1 Å². The number of nitrogens with zero attached hydrogens (tertiary/aromatic N) is 2. The van der Waals surface area contributed by atoms with Crippen molar-refractivity contribution in [2.75, 3.05) is 12.5 Å². The van der Waals surface area contributed by atoms with Crippen LogP contribution in [0.15, 0.2) is 47.1 Å². The van der Waals surface area contributed by atoms with E-state index in [2.05, 4.69) is 41.6 Å². The van der Waals surface area contributed by atoms with Gasteiger partial charge in [0.05, 0.1) is 11.4 Å². The van der Waals surface area contributed by atoms with Crippen molar-refractivity contribution in [1.82, 2.24) is 10.1 Å². The molecule has 204 valence electrons. The van der Waals surface area contributed by atoms with Crippen molar-refractivity contribution in [2.24, 2.45) is 5.92 Å². The Labute approximate surface area is 227 Å². The molecule has 0 amide bonds. The molecule has 0 N–H and O–H groups in total. The van der Waals surface area contributed by atoms with Gasteiger partial charge in [-0.05, 0) is 94.1 Å². The molecular weight excluding hydrogens is 495 g/mol. The van der Waals surface area contributed by atoms with Crippen LogP contribution in [-0.4, -0.2) is 32.5 Å². The van der Waals surface area contributed by atoms with Crippen LogP contribution in [-0.2, 0) is 16.4 Å². The highest BCUT2D eigenvalue weighted by Gasteiger charge is 2.35. The summed E-state index contributed by atoms with van der Waals surface area (Å²) in [5.74, 6) is 0.937. The number of thiol groups is 1. The van der Waals surface area contributed by atoms with Crippen LogP contribution in [0.2, 0.25) is 0 Å². The molecule has 0 spiro atoms. The third-order valence-corrected chi connectivity index (χ3v) is 10.9. The Morgan fingerprint density at radius 3 is 2.45 bits per heavy atom. The van der Waals surface area contributed by atoms with Gasteiger partial charge in [-0.25, -0.2) is 4.39 Å². The molecule has 0 radical (unpaired) electrons. The third-order valence-electron chi connectivity index (χ3n) is 8.75. The topological polar surface area (TPSA) is 56.0 Å². The Hall–Kier alpha value is -2.60. The fraction of sp³-hybridized carbons (Fsp3) is 0.500. The van der Waals surface area contributed by atoms with Crippen LogP contribution in [0.5, 0.6) is 0 Å². The summed E-state index contributed by atoms with van der Waals surface area (Å²) in [7, 11) is -2.24. The van der Waals surface area contributed by atoms with Crippen molar-refractivity contribution in [3.8, 4) is 11.1 Å². The summed E-state index contributed by atoms with van der Waals surface area (Å²) in [4.78, 5) is 4.99. The van der Waals surface area contributed by atoms with Crippen molar-refractivity contribution < 1.29 is 13.1 Å². The maximum absolute atomic E-state index is 15.9. The number of alkyl halides is 1. The molecule has 2 aliphatic rings. The lowest BCUT2D eigenvalue weighted by Crippen LogP contribution is -2.28. The van der Waals surface area contributed by atoms with E-state index in [1.807, 2.05) is 39.5 Å². The Morgan fingerprint density at radius 1 is 1.11 bits per heavy atom. The average molecular weight is 537 g/mol. The fourth-order valence-corrected chi connectivity index (χ4v) is 7.16. The zero-order valence-corrected chi connectivity index (χ0v) is 24.3. The molecule has 1 fully saturated rings. The van der Waals surface area contributed by atoms with Crippen LogP contribution >= 0.6 is 0 Å². The van der Waals surface area contributed by atoms with E-state index in [1.165, 1.54) is 5.56 Å². The van der Waals surface area contributed by atoms with Crippen LogP contribution in [0.25, 0.3) is 16.7 Å². The number of fused-ring (bicyclic) bond motifs is 1. The van der Waals surface area contributed by atoms with Crippen LogP contribution in [0.3, 0.4) is 0 Å². The summed E-state index contributed by atoms with van der Waals surface area (Å²) in [6, 6.07) is 10.6. The van der Waals surface area contributed by atoms with Crippen molar-refractivity contribution >= 4 is 15.5 Å². The van der Waals surface area contributed by atoms with Crippen molar-refractivity contribution in [3.05, 3.63) is 76.4 Å². The summed E-state index contributed by atoms with van der Waals surface area (Å²) in [6.45, 7) is 5.92. The SMILES string of the molecule is Cc1noc(C)c1-c1cnc2c(c1)CCC(CC1(F)CCCCC1)C=C2c1ccc(C(C)[SH](C)(C)=O)cc1. The normalized spacial score (nSPS) is 20.8. The first-order chi connectivity index (χ1) is 18.0. The lowest BCUT2D eigenvalue weighted by atomic mass is 9.78. The van der Waals surface area contributed by atoms with Gasteiger partial charge in [-0.1, -0.05) is 54.8 Å². The monoisotopic (exact) mass is 536 g/mol. The third kappa shape index (κ3) is 5.56. The van der Waals surface area contributed by atoms with Gasteiger partial charge in [0.15, 0.2) is 0 Å². The van der Waals surface area contributed by atoms with Crippen LogP contribution in [0.1, 0.15) is 91.0 Å². The number of aryl methyl sites for hydroxylation is 3. The number of aromatic nitrogens is 2. The summed E-state index contributed by atoms with van der Waals surface area (Å²) in [5.41, 5.74) is 7.17. The summed E-state index contributed by atoms with van der Waals surface area (Å²) in [6.07, 6.45) is 14.7. The van der Waals surface area contributed by atoms with Gasteiger partial charge in [0.2, 0.25) is 0 Å². The van der Waals surface area contributed by atoms with Crippen molar-refractivity contribution in [3.63, 3.8) is 0 Å². The summed E-state index contributed by atoms with van der Waals surface area (Å²) < 4.78 is 34.0. The summed E-state index contributed by atoms with van der Waals surface area (Å²) >= 11 is 0. The minimum atomic E-state index is -2.24. The zero-order chi connectivity index (χ0) is 27.1. The maximum Gasteiger partial charge on any atom is 0.141 e. The standard InChI is InChI=1S/C32H41FN2O2S/c1-21-30(22(2)37-35-21)28-18-27-10-9-24(19-32(33)15-7-6-8-16-32)17-29(31(27)34-20-28)26-13-11-25(12-14-26)23(3)38(4,5)36/h11-14,17-18,20,23-24,38H,6-10,15-16,19H2,1-5H3. The predicted octanol–water partition coefficient (Wildman–Crippen LogP) is 7.75. The Morgan fingerprint density at radius 2 is 1.82 bits per heavy atom. The maximum atomic E-state index is 15.9. The first kappa shape index (κ1) is 27.0. The Kier molecular flexibility index (Phi) is 7.47. The van der Waals surface area contributed by atoms with E-state index in [4.69, 9.17) is 9.51 Å². The highest BCUT2D eigenvalue weighted by molar-refractivity contribution is 8.01. The Bertz CT molecular complexity index is 1360.